The standard InChI is InChI=1S/C10H19N4O12P3/c11-8-3-9(14-10(12)13-8)22-4-6-1-2-7(24-6)5-23-28(18,19)26-29(20,21)25-27(15,16)17/h3,6-7H,1-2,4-5H2,(H,18,19)(H,20,21)(H2,15,16,17)(H4,11,12,13,14)/p-3/t6-,7+/m1/s1. The minimum Gasteiger partial charge on any atom is -0.756 e. The molecule has 1 aliphatic heterocycles. The molecule has 0 radical (unpaired) electrons. The van der Waals surface area contributed by atoms with E-state index in [1.807, 2.05) is 0 Å². The lowest BCUT2D eigenvalue weighted by molar-refractivity contribution is -0.250. The summed E-state index contributed by atoms with van der Waals surface area (Å²) >= 11 is 0. The Morgan fingerprint density at radius 2 is 1.69 bits per heavy atom. The van der Waals surface area contributed by atoms with Crippen LogP contribution in [0.25, 0.3) is 0 Å². The molecule has 2 heterocycles. The first-order valence-corrected chi connectivity index (χ1v) is 12.1. The fraction of sp³-hybridized carbons (Fsp3) is 0.600. The second-order valence-electron chi connectivity index (χ2n) is 5.58. The molecule has 0 bridgehead atoms. The third-order valence-electron chi connectivity index (χ3n) is 3.17. The summed E-state index contributed by atoms with van der Waals surface area (Å²) in [5.74, 6) is 0.131. The Labute approximate surface area is 163 Å². The van der Waals surface area contributed by atoms with Crippen molar-refractivity contribution in [2.45, 2.75) is 25.0 Å². The van der Waals surface area contributed by atoms with E-state index in [1.165, 1.54) is 6.07 Å². The van der Waals surface area contributed by atoms with Gasteiger partial charge in [-0.1, -0.05) is 0 Å². The first-order chi connectivity index (χ1) is 13.2. The van der Waals surface area contributed by atoms with Crippen molar-refractivity contribution in [2.75, 3.05) is 24.7 Å². The van der Waals surface area contributed by atoms with Crippen LogP contribution in [0.1, 0.15) is 12.8 Å². The van der Waals surface area contributed by atoms with Crippen LogP contribution in [0.15, 0.2) is 6.07 Å². The minimum atomic E-state index is -5.93. The summed E-state index contributed by atoms with van der Waals surface area (Å²) in [5, 5.41) is 0. The summed E-state index contributed by atoms with van der Waals surface area (Å²) in [5.41, 5.74) is 10.9. The van der Waals surface area contributed by atoms with E-state index in [9.17, 15) is 28.4 Å². The van der Waals surface area contributed by atoms with Crippen LogP contribution >= 0.6 is 23.5 Å². The highest BCUT2D eigenvalue weighted by atomic mass is 31.3. The van der Waals surface area contributed by atoms with Gasteiger partial charge in [0.1, 0.15) is 12.4 Å². The van der Waals surface area contributed by atoms with Crippen LogP contribution in [0.5, 0.6) is 5.88 Å². The van der Waals surface area contributed by atoms with Gasteiger partial charge < -0.3 is 45.0 Å². The van der Waals surface area contributed by atoms with Crippen LogP contribution in [0.2, 0.25) is 0 Å². The lowest BCUT2D eigenvalue weighted by Gasteiger charge is -2.32. The topological polar surface area (TPSA) is 265 Å². The summed E-state index contributed by atoms with van der Waals surface area (Å²) in [6.45, 7) is -0.602. The number of phosphoric ester groups is 1. The number of anilines is 2. The first-order valence-electron chi connectivity index (χ1n) is 7.64. The summed E-state index contributed by atoms with van der Waals surface area (Å²) in [7, 11) is -17.2. The van der Waals surface area contributed by atoms with Crippen molar-refractivity contribution in [3.8, 4) is 5.88 Å². The molecular weight excluding hydrogens is 461 g/mol. The van der Waals surface area contributed by atoms with E-state index < -0.39 is 42.3 Å². The fourth-order valence-electron chi connectivity index (χ4n) is 2.20. The lowest BCUT2D eigenvalue weighted by atomic mass is 10.2. The zero-order valence-corrected chi connectivity index (χ0v) is 17.1. The van der Waals surface area contributed by atoms with E-state index in [2.05, 4.69) is 23.1 Å². The maximum Gasteiger partial charge on any atom is 0.280 e. The molecule has 16 nitrogen and oxygen atoms in total. The molecule has 19 heteroatoms. The van der Waals surface area contributed by atoms with Crippen molar-refractivity contribution in [1.82, 2.24) is 9.97 Å². The number of hydrogen-bond acceptors (Lipinski definition) is 15. The number of nitrogens with two attached hydrogens (primary N) is 2. The third-order valence-corrected chi connectivity index (χ3v) is 6.86. The van der Waals surface area contributed by atoms with Gasteiger partial charge in [0.15, 0.2) is 0 Å². The number of nitrogens with zero attached hydrogens (tertiary/aromatic N) is 2. The van der Waals surface area contributed by atoms with E-state index in [0.29, 0.717) is 12.8 Å². The molecule has 0 saturated carbocycles. The van der Waals surface area contributed by atoms with Crippen LogP contribution in [0, 0.1) is 0 Å². The number of ether oxygens (including phenoxy) is 2. The van der Waals surface area contributed by atoms with Gasteiger partial charge in [-0.05, 0) is 12.8 Å². The third kappa shape index (κ3) is 9.03. The van der Waals surface area contributed by atoms with Crippen molar-refractivity contribution in [3.63, 3.8) is 0 Å². The van der Waals surface area contributed by atoms with Crippen molar-refractivity contribution in [3.05, 3.63) is 6.07 Å². The van der Waals surface area contributed by atoms with Crippen LogP contribution in [0.3, 0.4) is 0 Å². The maximum absolute atomic E-state index is 11.5. The second kappa shape index (κ2) is 9.33. The molecule has 29 heavy (non-hydrogen) atoms. The van der Waals surface area contributed by atoms with E-state index in [0.717, 1.165) is 0 Å². The normalized spacial score (nSPS) is 25.7. The molecule has 0 spiro atoms. The molecule has 0 aliphatic carbocycles. The Morgan fingerprint density at radius 3 is 2.28 bits per heavy atom. The summed E-state index contributed by atoms with van der Waals surface area (Å²) in [6.07, 6.45) is -0.450. The van der Waals surface area contributed by atoms with Gasteiger partial charge in [-0.15, -0.1) is 0 Å². The smallest absolute Gasteiger partial charge is 0.280 e. The molecule has 5 atom stereocenters. The van der Waals surface area contributed by atoms with Gasteiger partial charge in [0.2, 0.25) is 11.8 Å². The SMILES string of the molecule is Nc1cc(OC[C@H]2CC[C@@H](COP(=O)([O-])OP(=O)([O-])OP(=O)([O-])O)O2)nc(N)n1. The molecule has 0 amide bonds. The predicted octanol–water partition coefficient (Wildman–Crippen LogP) is -1.99. The minimum absolute atomic E-state index is 0.0246. The van der Waals surface area contributed by atoms with Crippen molar-refractivity contribution in [2.24, 2.45) is 0 Å². The van der Waals surface area contributed by atoms with E-state index >= 15 is 0 Å². The second-order valence-corrected chi connectivity index (χ2v) is 9.87. The van der Waals surface area contributed by atoms with Crippen LogP contribution in [0.4, 0.5) is 11.8 Å². The van der Waals surface area contributed by atoms with Crippen molar-refractivity contribution >= 4 is 35.2 Å². The van der Waals surface area contributed by atoms with Gasteiger partial charge in [0.05, 0.1) is 18.8 Å². The molecule has 1 fully saturated rings. The maximum atomic E-state index is 11.5. The van der Waals surface area contributed by atoms with Gasteiger partial charge in [-0.25, -0.2) is 8.62 Å². The Morgan fingerprint density at radius 1 is 1.07 bits per heavy atom. The van der Waals surface area contributed by atoms with Crippen LogP contribution < -0.4 is 30.9 Å². The summed E-state index contributed by atoms with van der Waals surface area (Å²) in [6, 6.07) is 1.34. The summed E-state index contributed by atoms with van der Waals surface area (Å²) in [4.78, 5) is 48.7. The number of hydrogen-bond donors (Lipinski definition) is 3. The molecule has 166 valence electrons. The molecule has 1 aromatic heterocycles. The molecule has 0 aromatic carbocycles. The van der Waals surface area contributed by atoms with Crippen LogP contribution in [-0.2, 0) is 31.6 Å². The van der Waals surface area contributed by atoms with Crippen LogP contribution in [-0.4, -0.2) is 40.3 Å². The zero-order valence-electron chi connectivity index (χ0n) is 14.4. The monoisotopic (exact) mass is 477 g/mol. The Hall–Kier alpha value is -1.15. The molecule has 2 rings (SSSR count). The molecule has 5 N–H and O–H groups in total. The van der Waals surface area contributed by atoms with Gasteiger partial charge >= 0.3 is 0 Å². The number of nitrogen functional groups attached to an aromatic ring is 2. The number of aromatic nitrogens is 2. The van der Waals surface area contributed by atoms with Crippen molar-refractivity contribution < 1.29 is 55.9 Å². The molecule has 3 unspecified atom stereocenters. The zero-order chi connectivity index (χ0) is 21.9. The molecule has 1 saturated heterocycles. The van der Waals surface area contributed by atoms with Gasteiger partial charge in [-0.2, -0.15) is 9.97 Å². The Kier molecular flexibility index (Phi) is 7.76. The predicted molar refractivity (Wildman–Crippen MR) is 87.4 cm³/mol. The lowest BCUT2D eigenvalue weighted by Crippen LogP contribution is -2.23. The summed E-state index contributed by atoms with van der Waals surface area (Å²) < 4.78 is 54.8. The molecule has 1 aromatic rings. The first kappa shape index (κ1) is 24.1. The van der Waals surface area contributed by atoms with Gasteiger partial charge in [0.25, 0.3) is 23.5 Å². The fourth-order valence-corrected chi connectivity index (χ4v) is 5.12. The largest absolute Gasteiger partial charge is 0.756 e. The molecular formula is C10H16N4O12P3-3. The Bertz CT molecular complexity index is 844. The van der Waals surface area contributed by atoms with E-state index in [-0.39, 0.29) is 24.3 Å². The quantitative estimate of drug-likeness (QED) is 0.308. The Balaban J connectivity index is 1.78. The highest BCUT2D eigenvalue weighted by molar-refractivity contribution is 7.65. The average Bonchev–Trinajstić information content (AvgIpc) is 2.94. The van der Waals surface area contributed by atoms with Gasteiger partial charge in [-0.3, -0.25) is 13.7 Å². The van der Waals surface area contributed by atoms with E-state index in [4.69, 9.17) is 25.8 Å². The van der Waals surface area contributed by atoms with Crippen molar-refractivity contribution in [1.29, 1.82) is 0 Å². The number of rotatable bonds is 10. The number of phosphoric acid groups is 3. The highest BCUT2D eigenvalue weighted by Gasteiger charge is 2.29. The average molecular weight is 477 g/mol. The highest BCUT2D eigenvalue weighted by Crippen LogP contribution is 2.61. The van der Waals surface area contributed by atoms with Gasteiger partial charge in [0, 0.05) is 6.07 Å². The van der Waals surface area contributed by atoms with E-state index in [1.54, 1.807) is 0 Å². The molecule has 1 aliphatic rings.